The fraction of sp³-hybridized carbons (Fsp3) is 0.533. The van der Waals surface area contributed by atoms with E-state index in [1.807, 2.05) is 0 Å². The molecule has 2 rings (SSSR count). The molecule has 1 saturated carbocycles. The second-order valence-electron chi connectivity index (χ2n) is 5.12. The standard InChI is InChI=1S/C15H24N4/c1-3-19(14-10-6-7-12(2)11-14)15(18-16)17-13-8-4-5-9-13/h6-7,10-11,13H,3-5,8-9,16H2,1-2H3,(H,17,18). The minimum absolute atomic E-state index is 0.421. The maximum absolute atomic E-state index is 5.68. The van der Waals surface area contributed by atoms with E-state index in [1.54, 1.807) is 0 Å². The van der Waals surface area contributed by atoms with E-state index in [9.17, 15) is 0 Å². The average Bonchev–Trinajstić information content (AvgIpc) is 2.91. The van der Waals surface area contributed by atoms with Gasteiger partial charge >= 0.3 is 0 Å². The van der Waals surface area contributed by atoms with Gasteiger partial charge in [0.2, 0.25) is 5.96 Å². The first-order chi connectivity index (χ1) is 9.24. The van der Waals surface area contributed by atoms with Crippen LogP contribution in [0.1, 0.15) is 38.2 Å². The van der Waals surface area contributed by atoms with Gasteiger partial charge in [-0.25, -0.2) is 10.8 Å². The summed E-state index contributed by atoms with van der Waals surface area (Å²) in [6.45, 7) is 5.06. The summed E-state index contributed by atoms with van der Waals surface area (Å²) in [5, 5.41) is 0. The Morgan fingerprint density at radius 1 is 1.42 bits per heavy atom. The predicted octanol–water partition coefficient (Wildman–Crippen LogP) is 2.58. The van der Waals surface area contributed by atoms with Gasteiger partial charge in [0, 0.05) is 12.2 Å². The summed E-state index contributed by atoms with van der Waals surface area (Å²) in [6, 6.07) is 8.84. The van der Waals surface area contributed by atoms with E-state index in [4.69, 9.17) is 10.8 Å². The molecule has 1 aliphatic carbocycles. The lowest BCUT2D eigenvalue weighted by molar-refractivity contribution is 0.694. The van der Waals surface area contributed by atoms with Crippen LogP contribution in [0.4, 0.5) is 5.69 Å². The Balaban J connectivity index is 2.22. The molecule has 104 valence electrons. The Kier molecular flexibility index (Phi) is 4.80. The van der Waals surface area contributed by atoms with Gasteiger partial charge in [-0.15, -0.1) is 0 Å². The van der Waals surface area contributed by atoms with E-state index in [2.05, 4.69) is 48.4 Å². The van der Waals surface area contributed by atoms with Crippen molar-refractivity contribution in [3.05, 3.63) is 29.8 Å². The lowest BCUT2D eigenvalue weighted by Crippen LogP contribution is -2.45. The van der Waals surface area contributed by atoms with Crippen molar-refractivity contribution >= 4 is 11.6 Å². The van der Waals surface area contributed by atoms with Crippen LogP contribution in [-0.4, -0.2) is 18.5 Å². The summed E-state index contributed by atoms with van der Waals surface area (Å²) in [5.74, 6) is 6.46. The molecule has 0 unspecified atom stereocenters. The van der Waals surface area contributed by atoms with Gasteiger partial charge < -0.3 is 4.90 Å². The number of benzene rings is 1. The highest BCUT2D eigenvalue weighted by Crippen LogP contribution is 2.22. The predicted molar refractivity (Wildman–Crippen MR) is 81.2 cm³/mol. The summed E-state index contributed by atoms with van der Waals surface area (Å²) in [4.78, 5) is 6.91. The maximum atomic E-state index is 5.68. The molecule has 19 heavy (non-hydrogen) atoms. The Morgan fingerprint density at radius 2 is 2.16 bits per heavy atom. The monoisotopic (exact) mass is 260 g/mol. The Bertz CT molecular complexity index is 436. The highest BCUT2D eigenvalue weighted by Gasteiger charge is 2.17. The van der Waals surface area contributed by atoms with Crippen LogP contribution < -0.4 is 16.2 Å². The Labute approximate surface area is 115 Å². The number of rotatable bonds is 3. The Morgan fingerprint density at radius 3 is 2.74 bits per heavy atom. The van der Waals surface area contributed by atoms with E-state index in [-0.39, 0.29) is 0 Å². The first kappa shape index (κ1) is 13.9. The van der Waals surface area contributed by atoms with E-state index in [0.717, 1.165) is 18.2 Å². The largest absolute Gasteiger partial charge is 0.312 e. The summed E-state index contributed by atoms with van der Waals surface area (Å²) >= 11 is 0. The summed E-state index contributed by atoms with van der Waals surface area (Å²) < 4.78 is 0. The minimum atomic E-state index is 0.421. The van der Waals surface area contributed by atoms with Crippen LogP contribution in [0.25, 0.3) is 0 Å². The molecule has 4 heteroatoms. The van der Waals surface area contributed by atoms with Crippen LogP contribution in [0.2, 0.25) is 0 Å². The van der Waals surface area contributed by atoms with Crippen LogP contribution in [0, 0.1) is 6.92 Å². The van der Waals surface area contributed by atoms with Crippen molar-refractivity contribution < 1.29 is 0 Å². The third kappa shape index (κ3) is 3.47. The van der Waals surface area contributed by atoms with E-state index in [1.165, 1.54) is 31.2 Å². The smallest absolute Gasteiger partial charge is 0.213 e. The molecular weight excluding hydrogens is 236 g/mol. The quantitative estimate of drug-likeness (QED) is 0.380. The molecule has 1 aromatic carbocycles. The molecule has 0 bridgehead atoms. The second-order valence-corrected chi connectivity index (χ2v) is 5.12. The fourth-order valence-corrected chi connectivity index (χ4v) is 2.64. The molecule has 0 amide bonds. The van der Waals surface area contributed by atoms with E-state index < -0.39 is 0 Å². The molecule has 1 fully saturated rings. The topological polar surface area (TPSA) is 53.6 Å². The number of hydrazine groups is 1. The molecule has 0 aliphatic heterocycles. The van der Waals surface area contributed by atoms with Gasteiger partial charge in [0.25, 0.3) is 0 Å². The maximum Gasteiger partial charge on any atom is 0.213 e. The third-order valence-electron chi connectivity index (χ3n) is 3.64. The van der Waals surface area contributed by atoms with Crippen molar-refractivity contribution in [3.63, 3.8) is 0 Å². The molecule has 0 radical (unpaired) electrons. The third-order valence-corrected chi connectivity index (χ3v) is 3.64. The van der Waals surface area contributed by atoms with Crippen molar-refractivity contribution in [3.8, 4) is 0 Å². The SMILES string of the molecule is CCN(C(=NC1CCCC1)NN)c1cccc(C)c1. The molecule has 0 spiro atoms. The van der Waals surface area contributed by atoms with Gasteiger partial charge in [-0.2, -0.15) is 0 Å². The number of nitrogens with one attached hydrogen (secondary N) is 1. The number of nitrogens with two attached hydrogens (primary N) is 1. The summed E-state index contributed by atoms with van der Waals surface area (Å²) in [6.07, 6.45) is 4.91. The molecule has 1 aromatic rings. The van der Waals surface area contributed by atoms with Crippen molar-refractivity contribution in [2.24, 2.45) is 10.8 Å². The van der Waals surface area contributed by atoms with Crippen molar-refractivity contribution in [1.29, 1.82) is 0 Å². The summed E-state index contributed by atoms with van der Waals surface area (Å²) in [5.41, 5.74) is 5.15. The van der Waals surface area contributed by atoms with Crippen molar-refractivity contribution in [1.82, 2.24) is 5.43 Å². The molecule has 0 atom stereocenters. The van der Waals surface area contributed by atoms with Gasteiger partial charge in [0.05, 0.1) is 6.04 Å². The highest BCUT2D eigenvalue weighted by molar-refractivity contribution is 5.95. The van der Waals surface area contributed by atoms with Gasteiger partial charge in [0.1, 0.15) is 0 Å². The lowest BCUT2D eigenvalue weighted by Gasteiger charge is -2.25. The van der Waals surface area contributed by atoms with Gasteiger partial charge in [0.15, 0.2) is 0 Å². The zero-order valence-corrected chi connectivity index (χ0v) is 11.9. The van der Waals surface area contributed by atoms with Gasteiger partial charge in [-0.1, -0.05) is 25.0 Å². The molecule has 0 saturated heterocycles. The molecule has 1 aliphatic rings. The normalized spacial score (nSPS) is 16.7. The number of hydrogen-bond donors (Lipinski definition) is 2. The highest BCUT2D eigenvalue weighted by atomic mass is 15.4. The molecule has 3 N–H and O–H groups in total. The molecule has 4 nitrogen and oxygen atoms in total. The van der Waals surface area contributed by atoms with Gasteiger partial charge in [-0.05, 0) is 44.4 Å². The number of aryl methyl sites for hydroxylation is 1. The molecule has 0 aromatic heterocycles. The zero-order valence-electron chi connectivity index (χ0n) is 11.9. The van der Waals surface area contributed by atoms with Crippen LogP contribution in [0.15, 0.2) is 29.3 Å². The first-order valence-electron chi connectivity index (χ1n) is 7.13. The first-order valence-corrected chi connectivity index (χ1v) is 7.13. The van der Waals surface area contributed by atoms with E-state index >= 15 is 0 Å². The van der Waals surface area contributed by atoms with Crippen molar-refractivity contribution in [2.45, 2.75) is 45.6 Å². The number of hydrogen-bond acceptors (Lipinski definition) is 2. The number of nitrogens with zero attached hydrogens (tertiary/aromatic N) is 2. The van der Waals surface area contributed by atoms with Crippen LogP contribution in [0.3, 0.4) is 0 Å². The summed E-state index contributed by atoms with van der Waals surface area (Å²) in [7, 11) is 0. The fourth-order valence-electron chi connectivity index (χ4n) is 2.64. The van der Waals surface area contributed by atoms with Crippen LogP contribution >= 0.6 is 0 Å². The van der Waals surface area contributed by atoms with E-state index in [0.29, 0.717) is 6.04 Å². The molecular formula is C15H24N4. The average molecular weight is 260 g/mol. The van der Waals surface area contributed by atoms with Crippen LogP contribution in [0.5, 0.6) is 0 Å². The Hall–Kier alpha value is -1.55. The number of guanidine groups is 1. The van der Waals surface area contributed by atoms with Crippen molar-refractivity contribution in [2.75, 3.05) is 11.4 Å². The minimum Gasteiger partial charge on any atom is -0.312 e. The second kappa shape index (κ2) is 6.57. The molecule has 0 heterocycles. The van der Waals surface area contributed by atoms with Crippen LogP contribution in [-0.2, 0) is 0 Å². The van der Waals surface area contributed by atoms with Gasteiger partial charge in [-0.3, -0.25) is 5.43 Å². The lowest BCUT2D eigenvalue weighted by atomic mass is 10.2. The number of anilines is 1. The number of aliphatic imine (C=N–C) groups is 1. The zero-order chi connectivity index (χ0) is 13.7.